The van der Waals surface area contributed by atoms with Crippen LogP contribution in [0.3, 0.4) is 0 Å². The summed E-state index contributed by atoms with van der Waals surface area (Å²) in [6.07, 6.45) is 3.69. The molecule has 0 bridgehead atoms. The van der Waals surface area contributed by atoms with Crippen molar-refractivity contribution in [2.75, 3.05) is 51.5 Å². The Morgan fingerprint density at radius 2 is 1.64 bits per heavy atom. The Bertz CT molecular complexity index is 1550. The Kier molecular flexibility index (Phi) is 7.12. The van der Waals surface area contributed by atoms with Crippen molar-refractivity contribution in [3.8, 4) is 22.8 Å². The van der Waals surface area contributed by atoms with Crippen LogP contribution in [-0.2, 0) is 0 Å². The fourth-order valence-electron chi connectivity index (χ4n) is 6.70. The van der Waals surface area contributed by atoms with Crippen molar-refractivity contribution in [3.05, 3.63) is 60.9 Å². The largest absolute Gasteiger partial charge is 0.465 e. The van der Waals surface area contributed by atoms with E-state index >= 15 is 0 Å². The first-order valence-electron chi connectivity index (χ1n) is 14.8. The minimum Gasteiger partial charge on any atom is -0.465 e. The van der Waals surface area contributed by atoms with E-state index in [2.05, 4.69) is 24.4 Å². The number of carbonyl (C=O) groups is 1. The maximum absolute atomic E-state index is 11.2. The molecule has 3 fully saturated rings. The summed E-state index contributed by atoms with van der Waals surface area (Å²) in [4.78, 5) is 26.7. The number of hydrogen-bond donors (Lipinski definition) is 2. The molecule has 5 heterocycles. The number of piperidine rings is 1. The molecule has 11 nitrogen and oxygen atoms in total. The van der Waals surface area contributed by atoms with Gasteiger partial charge in [0, 0.05) is 57.4 Å². The number of rotatable bonds is 7. The number of fused-ring (bicyclic) bond motifs is 1. The van der Waals surface area contributed by atoms with Gasteiger partial charge in [0.2, 0.25) is 0 Å². The highest BCUT2D eigenvalue weighted by Gasteiger charge is 2.37. The second-order valence-electron chi connectivity index (χ2n) is 11.7. The van der Waals surface area contributed by atoms with Gasteiger partial charge in [-0.25, -0.2) is 19.4 Å². The highest BCUT2D eigenvalue weighted by molar-refractivity contribution is 5.98. The first-order chi connectivity index (χ1) is 20.5. The zero-order valence-electron chi connectivity index (χ0n) is 23.5. The fourth-order valence-corrected chi connectivity index (χ4v) is 6.70. The second kappa shape index (κ2) is 11.2. The predicted molar refractivity (Wildman–Crippen MR) is 159 cm³/mol. The minimum absolute atomic E-state index is 0.240. The highest BCUT2D eigenvalue weighted by atomic mass is 16.5. The third-order valence-corrected chi connectivity index (χ3v) is 9.00. The van der Waals surface area contributed by atoms with Gasteiger partial charge >= 0.3 is 6.09 Å². The molecule has 7 rings (SSSR count). The summed E-state index contributed by atoms with van der Waals surface area (Å²) in [6, 6.07) is 18.4. The summed E-state index contributed by atoms with van der Waals surface area (Å²) >= 11 is 0. The number of nitrogens with zero attached hydrogens (tertiary/aromatic N) is 7. The van der Waals surface area contributed by atoms with Gasteiger partial charge in [-0.15, -0.1) is 0 Å². The summed E-state index contributed by atoms with van der Waals surface area (Å²) < 4.78 is 8.04. The number of benzene rings is 2. The first-order valence-corrected chi connectivity index (χ1v) is 14.8. The Labute approximate surface area is 244 Å². The zero-order valence-corrected chi connectivity index (χ0v) is 23.5. The van der Waals surface area contributed by atoms with E-state index in [9.17, 15) is 9.90 Å². The van der Waals surface area contributed by atoms with Crippen LogP contribution in [0.5, 0.6) is 11.5 Å². The van der Waals surface area contributed by atoms with Gasteiger partial charge < -0.3 is 20.5 Å². The number of para-hydroxylation sites is 1. The van der Waals surface area contributed by atoms with Crippen LogP contribution >= 0.6 is 0 Å². The lowest BCUT2D eigenvalue weighted by Gasteiger charge is -2.48. The average molecular weight is 569 g/mol. The lowest BCUT2D eigenvalue weighted by Crippen LogP contribution is -2.61. The van der Waals surface area contributed by atoms with Gasteiger partial charge in [-0.2, -0.15) is 5.10 Å². The third kappa shape index (κ3) is 5.25. The molecule has 1 amide bonds. The normalized spacial score (nSPS) is 20.7. The van der Waals surface area contributed by atoms with Crippen molar-refractivity contribution < 1.29 is 14.6 Å². The molecule has 3 N–H and O–H groups in total. The average Bonchev–Trinajstić information content (AvgIpc) is 3.62. The number of anilines is 1. The molecule has 3 aliphatic heterocycles. The molecular formula is C31H36N8O3. The summed E-state index contributed by atoms with van der Waals surface area (Å²) in [6.45, 7) is 6.50. The summed E-state index contributed by atoms with van der Waals surface area (Å²) in [7, 11) is 0. The minimum atomic E-state index is -0.792. The van der Waals surface area contributed by atoms with Gasteiger partial charge in [-0.05, 0) is 61.6 Å². The van der Waals surface area contributed by atoms with Gasteiger partial charge in [0.25, 0.3) is 0 Å². The van der Waals surface area contributed by atoms with Crippen LogP contribution in [0.2, 0.25) is 0 Å². The number of amides is 1. The van der Waals surface area contributed by atoms with Gasteiger partial charge in [0.15, 0.2) is 5.65 Å². The molecule has 0 aliphatic carbocycles. The summed E-state index contributed by atoms with van der Waals surface area (Å²) in [5.41, 5.74) is 8.89. The van der Waals surface area contributed by atoms with E-state index in [-0.39, 0.29) is 6.04 Å². The van der Waals surface area contributed by atoms with Crippen LogP contribution in [-0.4, -0.2) is 97.5 Å². The Balaban J connectivity index is 0.999. The molecule has 0 spiro atoms. The van der Waals surface area contributed by atoms with Crippen LogP contribution in [0, 0.1) is 5.92 Å². The third-order valence-electron chi connectivity index (χ3n) is 9.00. The Morgan fingerprint density at radius 1 is 0.905 bits per heavy atom. The van der Waals surface area contributed by atoms with Crippen molar-refractivity contribution in [3.63, 3.8) is 0 Å². The SMILES string of the molecule is Nc1ncnc2c1c(-c1ccc(Oc3ccccc3)cc1)nn2C1CCN(C2CN(CC3CCN(C(=O)O)C3)C2)CC1. The molecular weight excluding hydrogens is 532 g/mol. The van der Waals surface area contributed by atoms with Crippen LogP contribution < -0.4 is 10.5 Å². The van der Waals surface area contributed by atoms with Crippen LogP contribution in [0.25, 0.3) is 22.3 Å². The number of nitrogens with two attached hydrogens (primary N) is 1. The van der Waals surface area contributed by atoms with E-state index in [0.29, 0.717) is 30.9 Å². The summed E-state index contributed by atoms with van der Waals surface area (Å²) in [5, 5.41) is 15.1. The number of likely N-dealkylation sites (tertiary alicyclic amines) is 3. The molecule has 3 saturated heterocycles. The zero-order chi connectivity index (χ0) is 28.6. The smallest absolute Gasteiger partial charge is 0.407 e. The van der Waals surface area contributed by atoms with Crippen molar-refractivity contribution in [1.82, 2.24) is 34.4 Å². The molecule has 2 aromatic heterocycles. The van der Waals surface area contributed by atoms with E-state index in [1.54, 1.807) is 4.90 Å². The number of ether oxygens (including phenoxy) is 1. The van der Waals surface area contributed by atoms with Gasteiger partial charge in [0.05, 0.1) is 11.4 Å². The van der Waals surface area contributed by atoms with E-state index < -0.39 is 6.09 Å². The topological polar surface area (TPSA) is 126 Å². The standard InChI is InChI=1S/C31H36N8O3/c32-29-27-28(22-6-8-26(9-7-22)42-25-4-2-1-3-5-25)35-39(30(27)34-20-33-29)23-11-14-37(15-12-23)24-18-36(19-24)16-21-10-13-38(17-21)31(40)41/h1-9,20-21,23-24H,10-19H2,(H,40,41)(H2,32,33,34). The second-order valence-corrected chi connectivity index (χ2v) is 11.7. The van der Waals surface area contributed by atoms with Crippen molar-refractivity contribution in [2.24, 2.45) is 5.92 Å². The Hall–Kier alpha value is -4.22. The molecule has 1 unspecified atom stereocenters. The number of aromatic nitrogens is 4. The van der Waals surface area contributed by atoms with E-state index in [0.717, 1.165) is 85.8 Å². The maximum atomic E-state index is 11.2. The van der Waals surface area contributed by atoms with E-state index in [1.165, 1.54) is 6.33 Å². The fraction of sp³-hybridized carbons (Fsp3) is 0.419. The molecule has 0 saturated carbocycles. The van der Waals surface area contributed by atoms with Crippen LogP contribution in [0.1, 0.15) is 25.3 Å². The van der Waals surface area contributed by atoms with Crippen molar-refractivity contribution >= 4 is 22.9 Å². The number of carboxylic acid groups (broad SMARTS) is 1. The van der Waals surface area contributed by atoms with Gasteiger partial charge in [-0.1, -0.05) is 18.2 Å². The van der Waals surface area contributed by atoms with E-state index in [4.69, 9.17) is 15.6 Å². The number of nitrogen functional groups attached to an aromatic ring is 1. The summed E-state index contributed by atoms with van der Waals surface area (Å²) in [5.74, 6) is 2.44. The molecule has 218 valence electrons. The van der Waals surface area contributed by atoms with Crippen LogP contribution in [0.15, 0.2) is 60.9 Å². The van der Waals surface area contributed by atoms with Gasteiger partial charge in [-0.3, -0.25) is 9.80 Å². The molecule has 2 aromatic carbocycles. The maximum Gasteiger partial charge on any atom is 0.407 e. The lowest BCUT2D eigenvalue weighted by atomic mass is 9.98. The van der Waals surface area contributed by atoms with Crippen molar-refractivity contribution in [2.45, 2.75) is 31.3 Å². The van der Waals surface area contributed by atoms with E-state index in [1.807, 2.05) is 54.6 Å². The number of hydrogen-bond acceptors (Lipinski definition) is 8. The molecule has 11 heteroatoms. The highest BCUT2D eigenvalue weighted by Crippen LogP contribution is 2.36. The predicted octanol–water partition coefficient (Wildman–Crippen LogP) is 4.19. The van der Waals surface area contributed by atoms with Crippen molar-refractivity contribution in [1.29, 1.82) is 0 Å². The van der Waals surface area contributed by atoms with Crippen LogP contribution in [0.4, 0.5) is 10.6 Å². The molecule has 0 radical (unpaired) electrons. The molecule has 4 aromatic rings. The molecule has 3 aliphatic rings. The quantitative estimate of drug-likeness (QED) is 0.338. The lowest BCUT2D eigenvalue weighted by molar-refractivity contribution is 0.00774. The molecule has 1 atom stereocenters. The Morgan fingerprint density at radius 3 is 2.36 bits per heavy atom. The molecule has 42 heavy (non-hydrogen) atoms. The van der Waals surface area contributed by atoms with Gasteiger partial charge in [0.1, 0.15) is 29.3 Å². The first kappa shape index (κ1) is 26.7. The monoisotopic (exact) mass is 568 g/mol.